The van der Waals surface area contributed by atoms with Crippen LogP contribution in [-0.2, 0) is 6.54 Å². The molecule has 4 heterocycles. The summed E-state index contributed by atoms with van der Waals surface area (Å²) in [7, 11) is 1.55. The molecule has 1 unspecified atom stereocenters. The number of pyridine rings is 1. The van der Waals surface area contributed by atoms with Crippen molar-refractivity contribution in [3.8, 4) is 17.0 Å². The van der Waals surface area contributed by atoms with Crippen LogP contribution in [0.25, 0.3) is 16.6 Å². The number of aromatic nitrogens is 4. The second kappa shape index (κ2) is 7.96. The van der Waals surface area contributed by atoms with Crippen molar-refractivity contribution in [2.24, 2.45) is 0 Å². The van der Waals surface area contributed by atoms with Crippen molar-refractivity contribution in [1.82, 2.24) is 19.6 Å². The lowest BCUT2D eigenvalue weighted by atomic mass is 10.1. The minimum Gasteiger partial charge on any atom is -0.479 e. The van der Waals surface area contributed by atoms with Crippen molar-refractivity contribution in [2.75, 3.05) is 23.9 Å². The molecule has 1 aromatic carbocycles. The van der Waals surface area contributed by atoms with Crippen molar-refractivity contribution in [1.29, 1.82) is 0 Å². The van der Waals surface area contributed by atoms with Crippen LogP contribution >= 0.6 is 0 Å². The molecular formula is C23H22F2N6O2. The lowest BCUT2D eigenvalue weighted by Gasteiger charge is -2.36. The summed E-state index contributed by atoms with van der Waals surface area (Å²) in [5, 5.41) is 17.3. The number of anilines is 2. The molecule has 0 saturated carbocycles. The standard InChI is InChI=1S/C23H22F2N6O2/c1-23(4-6-32)29-21-19(30(23)12-14-7-16(24)10-17(25)8-14)9-15(11-26-21)18-3-5-31-20(18)22(33-2)27-13-28-31/h3,5,7-11,13,32H,4,6,12H2,1-2H3,(H,26,29). The summed E-state index contributed by atoms with van der Waals surface area (Å²) in [6.45, 7) is 2.07. The van der Waals surface area contributed by atoms with Crippen molar-refractivity contribution in [2.45, 2.75) is 25.6 Å². The molecule has 170 valence electrons. The van der Waals surface area contributed by atoms with Crippen LogP contribution in [0.4, 0.5) is 20.3 Å². The zero-order valence-electron chi connectivity index (χ0n) is 18.1. The van der Waals surface area contributed by atoms with Crippen LogP contribution in [0.3, 0.4) is 0 Å². The smallest absolute Gasteiger partial charge is 0.241 e. The fraction of sp³-hybridized carbons (Fsp3) is 0.261. The Morgan fingerprint density at radius 3 is 2.67 bits per heavy atom. The Morgan fingerprint density at radius 2 is 1.94 bits per heavy atom. The molecule has 0 aliphatic carbocycles. The predicted octanol–water partition coefficient (Wildman–Crippen LogP) is 3.61. The first-order valence-corrected chi connectivity index (χ1v) is 10.4. The van der Waals surface area contributed by atoms with Gasteiger partial charge in [-0.15, -0.1) is 0 Å². The minimum absolute atomic E-state index is 0.0724. The Labute approximate surface area is 188 Å². The Kier molecular flexibility index (Phi) is 5.09. The summed E-state index contributed by atoms with van der Waals surface area (Å²) < 4.78 is 34.8. The van der Waals surface area contributed by atoms with Crippen LogP contribution in [0.1, 0.15) is 18.9 Å². The van der Waals surface area contributed by atoms with Crippen molar-refractivity contribution in [3.05, 3.63) is 66.3 Å². The predicted molar refractivity (Wildman–Crippen MR) is 119 cm³/mol. The van der Waals surface area contributed by atoms with Gasteiger partial charge >= 0.3 is 0 Å². The maximum atomic E-state index is 13.9. The van der Waals surface area contributed by atoms with E-state index >= 15 is 0 Å². The van der Waals surface area contributed by atoms with Gasteiger partial charge in [0.15, 0.2) is 5.82 Å². The van der Waals surface area contributed by atoms with E-state index in [2.05, 4.69) is 20.4 Å². The largest absolute Gasteiger partial charge is 0.479 e. The van der Waals surface area contributed by atoms with Gasteiger partial charge in [0, 0.05) is 49.2 Å². The molecule has 10 heteroatoms. The maximum Gasteiger partial charge on any atom is 0.241 e. The highest BCUT2D eigenvalue weighted by molar-refractivity contribution is 5.87. The van der Waals surface area contributed by atoms with Gasteiger partial charge in [0.2, 0.25) is 5.88 Å². The number of aliphatic hydroxyl groups is 1. The number of benzene rings is 1. The van der Waals surface area contributed by atoms with Gasteiger partial charge in [0.25, 0.3) is 0 Å². The Hall–Kier alpha value is -3.79. The lowest BCUT2D eigenvalue weighted by Crippen LogP contribution is -2.48. The molecule has 0 amide bonds. The molecular weight excluding hydrogens is 430 g/mol. The van der Waals surface area contributed by atoms with E-state index in [9.17, 15) is 13.9 Å². The number of nitrogens with zero attached hydrogens (tertiary/aromatic N) is 5. The zero-order valence-corrected chi connectivity index (χ0v) is 18.1. The van der Waals surface area contributed by atoms with Crippen LogP contribution in [0, 0.1) is 11.6 Å². The summed E-state index contributed by atoms with van der Waals surface area (Å²) in [5.41, 5.74) is 2.86. The Balaban J connectivity index is 1.61. The SMILES string of the molecule is COc1ncnn2ccc(-c3cnc4c(c3)N(Cc3cc(F)cc(F)c3)C(C)(CCO)N4)c12. The molecule has 0 bridgehead atoms. The van der Waals surface area contributed by atoms with Gasteiger partial charge in [-0.25, -0.2) is 18.3 Å². The van der Waals surface area contributed by atoms with Crippen LogP contribution in [0.15, 0.2) is 49.1 Å². The summed E-state index contributed by atoms with van der Waals surface area (Å²) in [6.07, 6.45) is 5.34. The molecule has 0 spiro atoms. The molecule has 0 fully saturated rings. The molecule has 1 aliphatic rings. The summed E-state index contributed by atoms with van der Waals surface area (Å²) in [4.78, 5) is 10.8. The van der Waals surface area contributed by atoms with E-state index in [1.54, 1.807) is 17.8 Å². The van der Waals surface area contributed by atoms with E-state index < -0.39 is 17.3 Å². The van der Waals surface area contributed by atoms with E-state index in [-0.39, 0.29) is 13.2 Å². The Morgan fingerprint density at radius 1 is 1.15 bits per heavy atom. The first kappa shape index (κ1) is 21.1. The van der Waals surface area contributed by atoms with E-state index in [4.69, 9.17) is 4.74 Å². The normalized spacial score (nSPS) is 17.3. The highest BCUT2D eigenvalue weighted by atomic mass is 19.1. The number of methoxy groups -OCH3 is 1. The first-order valence-electron chi connectivity index (χ1n) is 10.4. The molecule has 33 heavy (non-hydrogen) atoms. The number of rotatable bonds is 6. The highest BCUT2D eigenvalue weighted by Crippen LogP contribution is 2.43. The van der Waals surface area contributed by atoms with Crippen LogP contribution < -0.4 is 15.0 Å². The number of halogens is 2. The first-order chi connectivity index (χ1) is 15.9. The van der Waals surface area contributed by atoms with Crippen molar-refractivity contribution < 1.29 is 18.6 Å². The highest BCUT2D eigenvalue weighted by Gasteiger charge is 2.40. The van der Waals surface area contributed by atoms with Gasteiger partial charge in [0.1, 0.15) is 29.1 Å². The summed E-state index contributed by atoms with van der Waals surface area (Å²) in [6, 6.07) is 7.31. The van der Waals surface area contributed by atoms with Gasteiger partial charge in [-0.2, -0.15) is 10.1 Å². The number of hydrogen-bond acceptors (Lipinski definition) is 7. The molecule has 0 radical (unpaired) electrons. The average molecular weight is 452 g/mol. The molecule has 1 atom stereocenters. The fourth-order valence-electron chi connectivity index (χ4n) is 4.36. The van der Waals surface area contributed by atoms with E-state index in [1.807, 2.05) is 30.2 Å². The van der Waals surface area contributed by atoms with Gasteiger partial charge in [-0.3, -0.25) is 0 Å². The molecule has 8 nitrogen and oxygen atoms in total. The van der Waals surface area contributed by atoms with E-state index in [0.717, 1.165) is 22.9 Å². The number of fused-ring (bicyclic) bond motifs is 2. The summed E-state index contributed by atoms with van der Waals surface area (Å²) in [5.74, 6) is -0.222. The third kappa shape index (κ3) is 3.62. The molecule has 2 N–H and O–H groups in total. The summed E-state index contributed by atoms with van der Waals surface area (Å²) >= 11 is 0. The second-order valence-corrected chi connectivity index (χ2v) is 8.12. The number of ether oxygens (including phenoxy) is 1. The average Bonchev–Trinajstić information content (AvgIpc) is 3.32. The van der Waals surface area contributed by atoms with Crippen LogP contribution in [0.5, 0.6) is 5.88 Å². The third-order valence-electron chi connectivity index (χ3n) is 5.93. The second-order valence-electron chi connectivity index (χ2n) is 8.12. The van der Waals surface area contributed by atoms with Crippen molar-refractivity contribution in [3.63, 3.8) is 0 Å². The van der Waals surface area contributed by atoms with Crippen molar-refractivity contribution >= 4 is 17.0 Å². The zero-order chi connectivity index (χ0) is 23.2. The monoisotopic (exact) mass is 452 g/mol. The molecule has 5 rings (SSSR count). The van der Waals surface area contributed by atoms with Crippen LogP contribution in [-0.4, -0.2) is 44.1 Å². The number of aliphatic hydroxyl groups excluding tert-OH is 1. The molecule has 1 aliphatic heterocycles. The third-order valence-corrected chi connectivity index (χ3v) is 5.93. The molecule has 3 aromatic heterocycles. The Bertz CT molecular complexity index is 1320. The van der Waals surface area contributed by atoms with Gasteiger partial charge in [-0.1, -0.05) is 0 Å². The van der Waals surface area contributed by atoms with Crippen LogP contribution in [0.2, 0.25) is 0 Å². The number of hydrogen-bond donors (Lipinski definition) is 2. The maximum absolute atomic E-state index is 13.9. The topological polar surface area (TPSA) is 87.8 Å². The van der Waals surface area contributed by atoms with E-state index in [0.29, 0.717) is 29.2 Å². The quantitative estimate of drug-likeness (QED) is 0.462. The van der Waals surface area contributed by atoms with Gasteiger partial charge < -0.3 is 20.1 Å². The minimum atomic E-state index is -0.699. The molecule has 4 aromatic rings. The molecule has 0 saturated heterocycles. The van der Waals surface area contributed by atoms with Gasteiger partial charge in [0.05, 0.1) is 12.8 Å². The lowest BCUT2D eigenvalue weighted by molar-refractivity contribution is 0.252. The van der Waals surface area contributed by atoms with E-state index in [1.165, 1.54) is 18.5 Å². The fourth-order valence-corrected chi connectivity index (χ4v) is 4.36. The number of nitrogens with one attached hydrogen (secondary N) is 1. The van der Waals surface area contributed by atoms with Gasteiger partial charge in [-0.05, 0) is 36.8 Å².